The first-order valence-electron chi connectivity index (χ1n) is 14.7. The standard InChI is InChI=1S/C34H40N4O7/c1-21(2)18-28(32(42)38-29(33(43)44)19-24-8-6-23(7-9-24)12-17-31(40)41)37-30(39)20-25-10-15-27(16-11-25)36-34(45)35-26-13-4-22(3)5-14-26/h4-11,13-16,21,28-29H,12,17-20H2,1-3H3,(H,37,39)(H,38,42)(H,40,41)(H,43,44)(H2,35,36,45). The molecule has 238 valence electrons. The third-order valence-electron chi connectivity index (χ3n) is 6.95. The summed E-state index contributed by atoms with van der Waals surface area (Å²) in [6, 6.07) is 18.5. The third-order valence-corrected chi connectivity index (χ3v) is 6.95. The van der Waals surface area contributed by atoms with Gasteiger partial charge in [-0.05, 0) is 66.6 Å². The van der Waals surface area contributed by atoms with Crippen molar-refractivity contribution in [1.29, 1.82) is 0 Å². The molecule has 2 atom stereocenters. The van der Waals surface area contributed by atoms with Gasteiger partial charge in [-0.15, -0.1) is 0 Å². The quantitative estimate of drug-likeness (QED) is 0.145. The summed E-state index contributed by atoms with van der Waals surface area (Å²) in [5, 5.41) is 29.4. The van der Waals surface area contributed by atoms with Crippen LogP contribution in [0.2, 0.25) is 0 Å². The first-order valence-corrected chi connectivity index (χ1v) is 14.7. The monoisotopic (exact) mass is 616 g/mol. The average molecular weight is 617 g/mol. The first kappa shape index (κ1) is 34.3. The van der Waals surface area contributed by atoms with Crippen LogP contribution in [-0.2, 0) is 38.4 Å². The van der Waals surface area contributed by atoms with Gasteiger partial charge in [0.15, 0.2) is 0 Å². The van der Waals surface area contributed by atoms with E-state index in [1.807, 2.05) is 32.9 Å². The van der Waals surface area contributed by atoms with E-state index in [1.54, 1.807) is 60.7 Å². The average Bonchev–Trinajstić information content (AvgIpc) is 2.98. The number of carbonyl (C=O) groups is 5. The number of hydrogen-bond acceptors (Lipinski definition) is 5. The van der Waals surface area contributed by atoms with E-state index in [0.29, 0.717) is 35.3 Å². The van der Waals surface area contributed by atoms with E-state index >= 15 is 0 Å². The zero-order valence-corrected chi connectivity index (χ0v) is 25.6. The molecule has 0 bridgehead atoms. The number of hydrogen-bond donors (Lipinski definition) is 6. The number of urea groups is 1. The van der Waals surface area contributed by atoms with Crippen LogP contribution < -0.4 is 21.3 Å². The highest BCUT2D eigenvalue weighted by molar-refractivity contribution is 5.99. The zero-order valence-electron chi connectivity index (χ0n) is 25.6. The minimum atomic E-state index is -1.22. The lowest BCUT2D eigenvalue weighted by Gasteiger charge is -2.23. The van der Waals surface area contributed by atoms with Crippen LogP contribution in [0.3, 0.4) is 0 Å². The van der Waals surface area contributed by atoms with E-state index in [4.69, 9.17) is 5.11 Å². The molecule has 0 spiro atoms. The Morgan fingerprint density at radius 3 is 1.76 bits per heavy atom. The highest BCUT2D eigenvalue weighted by Crippen LogP contribution is 2.14. The van der Waals surface area contributed by atoms with Crippen LogP contribution in [0, 0.1) is 12.8 Å². The van der Waals surface area contributed by atoms with Crippen molar-refractivity contribution in [3.8, 4) is 0 Å². The summed E-state index contributed by atoms with van der Waals surface area (Å²) in [7, 11) is 0. The molecule has 6 N–H and O–H groups in total. The number of amides is 4. The first-order chi connectivity index (χ1) is 21.4. The molecule has 0 aliphatic carbocycles. The molecule has 3 aromatic carbocycles. The molecule has 45 heavy (non-hydrogen) atoms. The van der Waals surface area contributed by atoms with E-state index in [1.165, 1.54) is 0 Å². The van der Waals surface area contributed by atoms with E-state index in [0.717, 1.165) is 11.1 Å². The summed E-state index contributed by atoms with van der Waals surface area (Å²) in [6.07, 6.45) is 0.659. The molecule has 11 nitrogen and oxygen atoms in total. The Bertz CT molecular complexity index is 1470. The number of nitrogens with one attached hydrogen (secondary N) is 4. The van der Waals surface area contributed by atoms with Crippen molar-refractivity contribution in [2.75, 3.05) is 10.6 Å². The van der Waals surface area contributed by atoms with Crippen LogP contribution >= 0.6 is 0 Å². The molecule has 0 fully saturated rings. The van der Waals surface area contributed by atoms with Crippen LogP contribution in [0.4, 0.5) is 16.2 Å². The highest BCUT2D eigenvalue weighted by atomic mass is 16.4. The molecule has 0 saturated carbocycles. The molecule has 3 aromatic rings. The number of carbonyl (C=O) groups excluding carboxylic acids is 3. The van der Waals surface area contributed by atoms with Crippen molar-refractivity contribution < 1.29 is 34.2 Å². The second-order valence-electron chi connectivity index (χ2n) is 11.4. The van der Waals surface area contributed by atoms with Gasteiger partial charge in [0.05, 0.1) is 6.42 Å². The molecule has 0 aromatic heterocycles. The largest absolute Gasteiger partial charge is 0.481 e. The van der Waals surface area contributed by atoms with Gasteiger partial charge < -0.3 is 31.5 Å². The summed E-state index contributed by atoms with van der Waals surface area (Å²) >= 11 is 0. The Kier molecular flexibility index (Phi) is 12.7. The van der Waals surface area contributed by atoms with Gasteiger partial charge in [-0.3, -0.25) is 14.4 Å². The molecule has 2 unspecified atom stereocenters. The summed E-state index contributed by atoms with van der Waals surface area (Å²) in [5.41, 5.74) is 4.41. The second-order valence-corrected chi connectivity index (χ2v) is 11.4. The molecular formula is C34H40N4O7. The highest BCUT2D eigenvalue weighted by Gasteiger charge is 2.27. The maximum Gasteiger partial charge on any atom is 0.326 e. The SMILES string of the molecule is Cc1ccc(NC(=O)Nc2ccc(CC(=O)NC(CC(C)C)C(=O)NC(Cc3ccc(CCC(=O)O)cc3)C(=O)O)cc2)cc1. The second kappa shape index (κ2) is 16.6. The number of carboxylic acid groups (broad SMARTS) is 2. The van der Waals surface area contributed by atoms with Crippen molar-refractivity contribution in [3.05, 3.63) is 95.1 Å². The third kappa shape index (κ3) is 12.1. The Labute approximate surface area is 262 Å². The smallest absolute Gasteiger partial charge is 0.326 e. The van der Waals surface area contributed by atoms with E-state index in [9.17, 15) is 29.1 Å². The number of anilines is 2. The molecule has 0 radical (unpaired) electrons. The van der Waals surface area contributed by atoms with Crippen LogP contribution in [-0.4, -0.2) is 52.1 Å². The van der Waals surface area contributed by atoms with Crippen LogP contribution in [0.15, 0.2) is 72.8 Å². The number of aliphatic carboxylic acids is 2. The molecule has 3 rings (SSSR count). The molecule has 0 saturated heterocycles. The molecular weight excluding hydrogens is 576 g/mol. The van der Waals surface area contributed by atoms with E-state index in [2.05, 4.69) is 21.3 Å². The van der Waals surface area contributed by atoms with Crippen LogP contribution in [0.1, 0.15) is 48.9 Å². The fraction of sp³-hybridized carbons (Fsp3) is 0.324. The Morgan fingerprint density at radius 2 is 1.22 bits per heavy atom. The van der Waals surface area contributed by atoms with Crippen molar-refractivity contribution in [3.63, 3.8) is 0 Å². The summed E-state index contributed by atoms with van der Waals surface area (Å²) in [6.45, 7) is 5.75. The van der Waals surface area contributed by atoms with Crippen molar-refractivity contribution in [2.45, 2.75) is 65.0 Å². The molecule has 0 aliphatic rings. The fourth-order valence-corrected chi connectivity index (χ4v) is 4.57. The summed E-state index contributed by atoms with van der Waals surface area (Å²) < 4.78 is 0. The molecule has 0 aliphatic heterocycles. The number of aryl methyl sites for hydroxylation is 2. The van der Waals surface area contributed by atoms with Gasteiger partial charge in [-0.25, -0.2) is 9.59 Å². The van der Waals surface area contributed by atoms with Gasteiger partial charge >= 0.3 is 18.0 Å². The topological polar surface area (TPSA) is 174 Å². The molecule has 0 heterocycles. The summed E-state index contributed by atoms with van der Waals surface area (Å²) in [5.74, 6) is -3.07. The van der Waals surface area contributed by atoms with Crippen LogP contribution in [0.5, 0.6) is 0 Å². The number of carboxylic acids is 2. The maximum atomic E-state index is 13.2. The Balaban J connectivity index is 1.56. The maximum absolute atomic E-state index is 13.2. The van der Waals surface area contributed by atoms with Crippen molar-refractivity contribution in [2.24, 2.45) is 5.92 Å². The summed E-state index contributed by atoms with van der Waals surface area (Å²) in [4.78, 5) is 61.2. The van der Waals surface area contributed by atoms with Gasteiger partial charge in [0.25, 0.3) is 0 Å². The molecule has 4 amide bonds. The van der Waals surface area contributed by atoms with Gasteiger partial charge in [0.1, 0.15) is 12.1 Å². The minimum absolute atomic E-state index is 0.00760. The van der Waals surface area contributed by atoms with Gasteiger partial charge in [0.2, 0.25) is 11.8 Å². The fourth-order valence-electron chi connectivity index (χ4n) is 4.57. The minimum Gasteiger partial charge on any atom is -0.481 e. The van der Waals surface area contributed by atoms with Crippen molar-refractivity contribution >= 4 is 41.2 Å². The van der Waals surface area contributed by atoms with Crippen molar-refractivity contribution in [1.82, 2.24) is 10.6 Å². The zero-order chi connectivity index (χ0) is 32.9. The Hall–Kier alpha value is -5.19. The number of benzene rings is 3. The van der Waals surface area contributed by atoms with Gasteiger partial charge in [-0.2, -0.15) is 0 Å². The van der Waals surface area contributed by atoms with Gasteiger partial charge in [-0.1, -0.05) is 67.9 Å². The van der Waals surface area contributed by atoms with Crippen LogP contribution in [0.25, 0.3) is 0 Å². The van der Waals surface area contributed by atoms with E-state index < -0.39 is 41.9 Å². The lowest BCUT2D eigenvalue weighted by molar-refractivity contribution is -0.142. The normalized spacial score (nSPS) is 12.1. The lowest BCUT2D eigenvalue weighted by atomic mass is 10.00. The van der Waals surface area contributed by atoms with E-state index in [-0.39, 0.29) is 25.2 Å². The predicted octanol–water partition coefficient (Wildman–Crippen LogP) is 4.54. The predicted molar refractivity (Wildman–Crippen MR) is 171 cm³/mol. The number of rotatable bonds is 15. The Morgan fingerprint density at radius 1 is 0.689 bits per heavy atom. The molecule has 11 heteroatoms. The lowest BCUT2D eigenvalue weighted by Crippen LogP contribution is -2.52. The van der Waals surface area contributed by atoms with Gasteiger partial charge in [0, 0.05) is 24.2 Å².